The number of anilines is 1. The molecule has 3 aromatic rings. The molecule has 0 unspecified atom stereocenters. The van der Waals surface area contributed by atoms with Gasteiger partial charge in [0, 0.05) is 31.7 Å². The standard InChI is InChI=1S/C20H20N4O4/c1-24(2)14-9-7-13(8-10-14)11-21-17(25)12-28-20(27)18-15-5-3-4-6-16(15)19(26)23-22-18/h3-10H,11-12H2,1-2H3,(H,21,25)(H,23,26). The molecule has 8 heteroatoms. The maximum Gasteiger partial charge on any atom is 0.359 e. The van der Waals surface area contributed by atoms with Crippen molar-refractivity contribution in [1.29, 1.82) is 0 Å². The summed E-state index contributed by atoms with van der Waals surface area (Å²) in [5, 5.41) is 9.41. The molecule has 0 saturated heterocycles. The summed E-state index contributed by atoms with van der Waals surface area (Å²) in [4.78, 5) is 38.0. The number of hydrogen-bond acceptors (Lipinski definition) is 6. The lowest BCUT2D eigenvalue weighted by atomic mass is 10.1. The van der Waals surface area contributed by atoms with Gasteiger partial charge >= 0.3 is 5.97 Å². The van der Waals surface area contributed by atoms with Gasteiger partial charge in [-0.3, -0.25) is 9.59 Å². The normalized spacial score (nSPS) is 10.5. The first-order chi connectivity index (χ1) is 13.5. The minimum absolute atomic E-state index is 0.0396. The minimum Gasteiger partial charge on any atom is -0.451 e. The van der Waals surface area contributed by atoms with Crippen LogP contribution < -0.4 is 15.8 Å². The molecule has 1 amide bonds. The van der Waals surface area contributed by atoms with Gasteiger partial charge in [-0.1, -0.05) is 30.3 Å². The smallest absolute Gasteiger partial charge is 0.359 e. The predicted octanol–water partition coefficient (Wildman–Crippen LogP) is 1.46. The molecule has 144 valence electrons. The van der Waals surface area contributed by atoms with Crippen LogP contribution in [0.15, 0.2) is 53.3 Å². The molecule has 0 atom stereocenters. The SMILES string of the molecule is CN(C)c1ccc(CNC(=O)COC(=O)c2n[nH]c(=O)c3ccccc23)cc1. The van der Waals surface area contributed by atoms with Gasteiger partial charge < -0.3 is 15.0 Å². The number of aromatic nitrogens is 2. The van der Waals surface area contributed by atoms with E-state index in [0.717, 1.165) is 11.3 Å². The van der Waals surface area contributed by atoms with Gasteiger partial charge in [0.2, 0.25) is 0 Å². The number of fused-ring (bicyclic) bond motifs is 1. The number of carbonyl (C=O) groups excluding carboxylic acids is 2. The molecule has 1 heterocycles. The van der Waals surface area contributed by atoms with Crippen molar-refractivity contribution in [3.63, 3.8) is 0 Å². The van der Waals surface area contributed by atoms with Gasteiger partial charge in [-0.05, 0) is 23.8 Å². The summed E-state index contributed by atoms with van der Waals surface area (Å²) in [7, 11) is 3.90. The number of amides is 1. The molecule has 0 aliphatic rings. The highest BCUT2D eigenvalue weighted by Crippen LogP contribution is 2.13. The highest BCUT2D eigenvalue weighted by Gasteiger charge is 2.16. The third-order valence-electron chi connectivity index (χ3n) is 4.17. The number of aromatic amines is 1. The molecule has 3 rings (SSSR count). The van der Waals surface area contributed by atoms with Crippen molar-refractivity contribution >= 4 is 28.3 Å². The Balaban J connectivity index is 1.57. The van der Waals surface area contributed by atoms with Crippen molar-refractivity contribution in [3.8, 4) is 0 Å². The lowest BCUT2D eigenvalue weighted by molar-refractivity contribution is -0.124. The Hall–Kier alpha value is -3.68. The number of carbonyl (C=O) groups is 2. The van der Waals surface area contributed by atoms with E-state index in [2.05, 4.69) is 15.5 Å². The number of nitrogens with zero attached hydrogens (tertiary/aromatic N) is 2. The number of nitrogens with one attached hydrogen (secondary N) is 2. The van der Waals surface area contributed by atoms with Crippen LogP contribution in [0, 0.1) is 0 Å². The van der Waals surface area contributed by atoms with Crippen LogP contribution in [-0.2, 0) is 16.1 Å². The van der Waals surface area contributed by atoms with E-state index in [-0.39, 0.29) is 5.69 Å². The molecule has 0 aliphatic heterocycles. The van der Waals surface area contributed by atoms with Crippen molar-refractivity contribution in [3.05, 3.63) is 70.1 Å². The monoisotopic (exact) mass is 380 g/mol. The zero-order valence-electron chi connectivity index (χ0n) is 15.6. The van der Waals surface area contributed by atoms with Crippen molar-refractivity contribution in [1.82, 2.24) is 15.5 Å². The molecule has 8 nitrogen and oxygen atoms in total. The summed E-state index contributed by atoms with van der Waals surface area (Å²) in [6, 6.07) is 14.3. The quantitative estimate of drug-likeness (QED) is 0.628. The van der Waals surface area contributed by atoms with Gasteiger partial charge in [-0.2, -0.15) is 5.10 Å². The Kier molecular flexibility index (Phi) is 5.69. The first-order valence-corrected chi connectivity index (χ1v) is 8.63. The van der Waals surface area contributed by atoms with E-state index in [1.54, 1.807) is 24.3 Å². The fourth-order valence-corrected chi connectivity index (χ4v) is 2.63. The van der Waals surface area contributed by atoms with Crippen LogP contribution in [0.25, 0.3) is 10.8 Å². The van der Waals surface area contributed by atoms with Gasteiger partial charge in [-0.25, -0.2) is 9.89 Å². The molecule has 0 fully saturated rings. The van der Waals surface area contributed by atoms with E-state index < -0.39 is 24.0 Å². The molecule has 0 spiro atoms. The van der Waals surface area contributed by atoms with Crippen LogP contribution >= 0.6 is 0 Å². The first-order valence-electron chi connectivity index (χ1n) is 8.63. The van der Waals surface area contributed by atoms with Gasteiger partial charge in [0.25, 0.3) is 11.5 Å². The molecule has 0 radical (unpaired) electrons. The third kappa shape index (κ3) is 4.35. The fourth-order valence-electron chi connectivity index (χ4n) is 2.63. The molecule has 2 aromatic carbocycles. The molecule has 0 aliphatic carbocycles. The van der Waals surface area contributed by atoms with Crippen LogP contribution in [0.4, 0.5) is 5.69 Å². The van der Waals surface area contributed by atoms with E-state index >= 15 is 0 Å². The number of ether oxygens (including phenoxy) is 1. The zero-order chi connectivity index (χ0) is 20.1. The first kappa shape index (κ1) is 19.1. The van der Waals surface area contributed by atoms with Crippen molar-refractivity contribution < 1.29 is 14.3 Å². The van der Waals surface area contributed by atoms with Gasteiger partial charge in [0.05, 0.1) is 5.39 Å². The fraction of sp³-hybridized carbons (Fsp3) is 0.200. The average molecular weight is 380 g/mol. The largest absolute Gasteiger partial charge is 0.451 e. The second-order valence-corrected chi connectivity index (χ2v) is 6.36. The molecule has 1 aromatic heterocycles. The van der Waals surface area contributed by atoms with E-state index in [1.165, 1.54) is 0 Å². The molecule has 0 bridgehead atoms. The summed E-state index contributed by atoms with van der Waals surface area (Å²) in [5.74, 6) is -1.21. The highest BCUT2D eigenvalue weighted by atomic mass is 16.5. The van der Waals surface area contributed by atoms with Crippen LogP contribution in [0.5, 0.6) is 0 Å². The molecular weight excluding hydrogens is 360 g/mol. The number of H-pyrrole nitrogens is 1. The predicted molar refractivity (Wildman–Crippen MR) is 105 cm³/mol. The van der Waals surface area contributed by atoms with E-state index in [4.69, 9.17) is 4.74 Å². The van der Waals surface area contributed by atoms with Crippen LogP contribution in [-0.4, -0.2) is 42.8 Å². The Bertz CT molecular complexity index is 1060. The second-order valence-electron chi connectivity index (χ2n) is 6.36. The number of esters is 1. The van der Waals surface area contributed by atoms with Crippen molar-refractivity contribution in [2.24, 2.45) is 0 Å². The molecular formula is C20H20N4O4. The number of benzene rings is 2. The lowest BCUT2D eigenvalue weighted by Gasteiger charge is -2.13. The Morgan fingerprint density at radius 1 is 1.07 bits per heavy atom. The maximum atomic E-state index is 12.3. The third-order valence-corrected chi connectivity index (χ3v) is 4.17. The molecule has 2 N–H and O–H groups in total. The van der Waals surface area contributed by atoms with Crippen LogP contribution in [0.2, 0.25) is 0 Å². The molecule has 0 saturated carbocycles. The van der Waals surface area contributed by atoms with Gasteiger partial charge in [0.1, 0.15) is 0 Å². The maximum absolute atomic E-state index is 12.3. The Morgan fingerprint density at radius 3 is 2.43 bits per heavy atom. The Labute approximate surface area is 161 Å². The molecule has 28 heavy (non-hydrogen) atoms. The second kappa shape index (κ2) is 8.34. The Morgan fingerprint density at radius 2 is 1.75 bits per heavy atom. The van der Waals surface area contributed by atoms with E-state index in [9.17, 15) is 14.4 Å². The van der Waals surface area contributed by atoms with E-state index in [0.29, 0.717) is 17.3 Å². The van der Waals surface area contributed by atoms with Crippen LogP contribution in [0.1, 0.15) is 16.1 Å². The van der Waals surface area contributed by atoms with Crippen molar-refractivity contribution in [2.75, 3.05) is 25.6 Å². The summed E-state index contributed by atoms with van der Waals surface area (Å²) in [6.45, 7) is -0.117. The highest BCUT2D eigenvalue weighted by molar-refractivity contribution is 6.02. The van der Waals surface area contributed by atoms with Crippen LogP contribution in [0.3, 0.4) is 0 Å². The van der Waals surface area contributed by atoms with Crippen molar-refractivity contribution in [2.45, 2.75) is 6.54 Å². The zero-order valence-corrected chi connectivity index (χ0v) is 15.6. The average Bonchev–Trinajstić information content (AvgIpc) is 2.71. The minimum atomic E-state index is -0.780. The van der Waals surface area contributed by atoms with E-state index in [1.807, 2.05) is 43.3 Å². The summed E-state index contributed by atoms with van der Waals surface area (Å²) < 4.78 is 5.03. The summed E-state index contributed by atoms with van der Waals surface area (Å²) >= 11 is 0. The lowest BCUT2D eigenvalue weighted by Crippen LogP contribution is -2.28. The summed E-state index contributed by atoms with van der Waals surface area (Å²) in [5.41, 5.74) is 1.55. The van der Waals surface area contributed by atoms with Gasteiger partial charge in [-0.15, -0.1) is 0 Å². The number of hydrogen-bond donors (Lipinski definition) is 2. The summed E-state index contributed by atoms with van der Waals surface area (Å²) in [6.07, 6.45) is 0. The number of rotatable bonds is 6. The topological polar surface area (TPSA) is 104 Å². The van der Waals surface area contributed by atoms with Gasteiger partial charge in [0.15, 0.2) is 12.3 Å².